The van der Waals surface area contributed by atoms with Gasteiger partial charge in [0.05, 0.1) is 12.7 Å². The number of hydrogen-bond acceptors (Lipinski definition) is 6. The molecule has 0 atom stereocenters. The number of ether oxygens (including phenoxy) is 1. The molecule has 4 N–H and O–H groups in total. The first kappa shape index (κ1) is 22.7. The van der Waals surface area contributed by atoms with E-state index < -0.39 is 11.9 Å². The van der Waals surface area contributed by atoms with Crippen LogP contribution in [-0.2, 0) is 9.73 Å². The van der Waals surface area contributed by atoms with Gasteiger partial charge in [0.1, 0.15) is 22.0 Å². The Hall–Kier alpha value is -3.95. The highest BCUT2D eigenvalue weighted by Gasteiger charge is 2.39. The number of nitrogens with two attached hydrogens (primary N) is 1. The minimum absolute atomic E-state index is 0.0203. The average Bonchev–Trinajstić information content (AvgIpc) is 3.39. The topological polar surface area (TPSA) is 129 Å². The van der Waals surface area contributed by atoms with Crippen molar-refractivity contribution in [3.8, 4) is 5.75 Å². The molecule has 32 heavy (non-hydrogen) atoms. The highest BCUT2D eigenvalue weighted by Crippen LogP contribution is 2.52. The molecule has 1 aliphatic rings. The molecule has 0 amide bonds. The molecule has 0 aliphatic carbocycles. The number of fused-ring (bicyclic) bond motifs is 1. The van der Waals surface area contributed by atoms with Gasteiger partial charge in [0, 0.05) is 6.42 Å². The molecule has 2 aromatic rings. The fraction of sp³-hybridized carbons (Fsp3) is 0.273. The summed E-state index contributed by atoms with van der Waals surface area (Å²) in [5, 5.41) is 17.6. The number of unbranched alkanes of at least 4 members (excludes halogenated alkanes) is 1. The number of hydrazine groups is 1. The van der Waals surface area contributed by atoms with Crippen molar-refractivity contribution in [2.24, 2.45) is 5.84 Å². The lowest BCUT2D eigenvalue weighted by Gasteiger charge is -2.15. The first-order valence-corrected chi connectivity index (χ1v) is 9.84. The Morgan fingerprint density at radius 3 is 2.50 bits per heavy atom. The average molecular weight is 443 g/mol. The van der Waals surface area contributed by atoms with E-state index in [0.29, 0.717) is 29.7 Å². The van der Waals surface area contributed by atoms with Gasteiger partial charge in [-0.3, -0.25) is 10.2 Å². The summed E-state index contributed by atoms with van der Waals surface area (Å²) in [7, 11) is 1.42. The predicted molar refractivity (Wildman–Crippen MR) is 116 cm³/mol. The van der Waals surface area contributed by atoms with E-state index in [9.17, 15) is 14.1 Å². The molecule has 1 aliphatic heterocycles. The van der Waals surface area contributed by atoms with Gasteiger partial charge in [-0.25, -0.2) is 0 Å². The molecule has 0 fully saturated rings. The molecule has 0 saturated heterocycles. The Morgan fingerprint density at radius 2 is 1.91 bits per heavy atom. The molecule has 1 heterocycles. The van der Waals surface area contributed by atoms with Crippen LogP contribution in [0.1, 0.15) is 47.1 Å². The van der Waals surface area contributed by atoms with Gasteiger partial charge in [0.2, 0.25) is 5.97 Å². The number of benzene rings is 2. The number of hydrogen-bond donors (Lipinski definition) is 3. The Bertz CT molecular complexity index is 1150. The summed E-state index contributed by atoms with van der Waals surface area (Å²) in [5.41, 5.74) is 5.03. The maximum Gasteiger partial charge on any atom is 0.381 e. The number of halogens is 1. The van der Waals surface area contributed by atoms with E-state index >= 15 is 0 Å². The molecule has 0 radical (unpaired) electrons. The molecule has 168 valence electrons. The number of allylic oxidation sites excluding steroid dienone is 1. The van der Waals surface area contributed by atoms with Crippen molar-refractivity contribution in [1.82, 2.24) is 0 Å². The largest absolute Gasteiger partial charge is 0.496 e. The summed E-state index contributed by atoms with van der Waals surface area (Å²) in [6.07, 6.45) is 2.81. The summed E-state index contributed by atoms with van der Waals surface area (Å²) < 4.78 is 19.2. The second-order valence-corrected chi connectivity index (χ2v) is 7.41. The van der Waals surface area contributed by atoms with Gasteiger partial charge < -0.3 is 9.84 Å². The van der Waals surface area contributed by atoms with Crippen LogP contribution in [0.4, 0.5) is 15.8 Å². The van der Waals surface area contributed by atoms with Crippen molar-refractivity contribution in [3.63, 3.8) is 0 Å². The zero-order valence-electron chi connectivity index (χ0n) is 17.9. The lowest BCUT2D eigenvalue weighted by molar-refractivity contribution is -0.812. The summed E-state index contributed by atoms with van der Waals surface area (Å²) in [4.78, 5) is 26.8. The van der Waals surface area contributed by atoms with Crippen molar-refractivity contribution in [1.29, 1.82) is 5.41 Å². The lowest BCUT2D eigenvalue weighted by atomic mass is 9.92. The lowest BCUT2D eigenvalue weighted by Crippen LogP contribution is -2.21. The van der Waals surface area contributed by atoms with E-state index in [1.165, 1.54) is 18.2 Å². The third kappa shape index (κ3) is 4.69. The fourth-order valence-electron chi connectivity index (χ4n) is 3.73. The number of methoxy groups -OCH3 is 1. The van der Waals surface area contributed by atoms with Crippen LogP contribution in [0.3, 0.4) is 0 Å². The third-order valence-electron chi connectivity index (χ3n) is 5.09. The van der Waals surface area contributed by atoms with Gasteiger partial charge in [-0.05, 0) is 78.8 Å². The van der Waals surface area contributed by atoms with Gasteiger partial charge >= 0.3 is 11.0 Å². The smallest absolute Gasteiger partial charge is 0.381 e. The van der Waals surface area contributed by atoms with Crippen LogP contribution < -0.4 is 15.6 Å². The molecule has 0 aromatic heterocycles. The minimum atomic E-state index is -1.12. The van der Waals surface area contributed by atoms with Crippen LogP contribution in [0.5, 0.6) is 5.75 Å². The number of nitrogens with zero attached hydrogens (tertiary/aromatic N) is 2. The Labute approximate surface area is 183 Å². The SMILES string of the molecule is COc1c(C)cc(/C(=C\CCCC(=O)O)c2cc(C)c3c(c2)N3O[N+](N)=O)cc1C(=N)F. The first-order valence-electron chi connectivity index (χ1n) is 9.84. The fourth-order valence-corrected chi connectivity index (χ4v) is 3.73. The molecule has 3 rings (SSSR count). The van der Waals surface area contributed by atoms with Crippen LogP contribution in [-0.4, -0.2) is 29.2 Å². The van der Waals surface area contributed by atoms with Crippen LogP contribution in [0.25, 0.3) is 5.57 Å². The second kappa shape index (κ2) is 9.04. The summed E-state index contributed by atoms with van der Waals surface area (Å²) in [6, 6.07) is 7.04. The third-order valence-corrected chi connectivity index (χ3v) is 5.09. The number of rotatable bonds is 10. The highest BCUT2D eigenvalue weighted by atomic mass is 19.1. The van der Waals surface area contributed by atoms with Crippen molar-refractivity contribution in [2.75, 3.05) is 12.2 Å². The summed E-state index contributed by atoms with van der Waals surface area (Å²) >= 11 is 0. The number of aryl methyl sites for hydroxylation is 2. The van der Waals surface area contributed by atoms with Crippen molar-refractivity contribution in [3.05, 3.63) is 63.1 Å². The molecule has 0 bridgehead atoms. The molecule has 2 aromatic carbocycles. The molecule has 0 unspecified atom stereocenters. The quantitative estimate of drug-likeness (QED) is 0.165. The minimum Gasteiger partial charge on any atom is -0.496 e. The number of carboxylic acid groups (broad SMARTS) is 1. The van der Waals surface area contributed by atoms with Gasteiger partial charge in [0.25, 0.3) is 0 Å². The van der Waals surface area contributed by atoms with E-state index in [1.807, 2.05) is 25.1 Å². The van der Waals surface area contributed by atoms with Gasteiger partial charge in [-0.15, -0.1) is 10.9 Å². The van der Waals surface area contributed by atoms with Gasteiger partial charge in [0.15, 0.2) is 0 Å². The molecule has 9 nitrogen and oxygen atoms in total. The van der Waals surface area contributed by atoms with E-state index in [1.54, 1.807) is 13.0 Å². The van der Waals surface area contributed by atoms with Gasteiger partial charge in [-0.1, -0.05) is 11.0 Å². The van der Waals surface area contributed by atoms with Crippen molar-refractivity contribution in [2.45, 2.75) is 33.1 Å². The Kier molecular flexibility index (Phi) is 6.42. The number of carboxylic acids is 1. The van der Waals surface area contributed by atoms with Crippen LogP contribution in [0, 0.1) is 24.2 Å². The van der Waals surface area contributed by atoms with E-state index in [4.69, 9.17) is 26.0 Å². The number of nitrogens with one attached hydrogen (secondary N) is 1. The molecular weight excluding hydrogens is 419 g/mol. The summed E-state index contributed by atoms with van der Waals surface area (Å²) in [6.45, 7) is 3.61. The van der Waals surface area contributed by atoms with Crippen LogP contribution in [0.2, 0.25) is 0 Å². The maximum atomic E-state index is 14.0. The highest BCUT2D eigenvalue weighted by molar-refractivity contribution is 5.99. The first-order chi connectivity index (χ1) is 15.1. The normalized spacial score (nSPS) is 12.2. The molecular formula is C22H24FN4O5+. The monoisotopic (exact) mass is 443 g/mol. The van der Waals surface area contributed by atoms with E-state index in [2.05, 4.69) is 0 Å². The predicted octanol–water partition coefficient (Wildman–Crippen LogP) is 4.24. The van der Waals surface area contributed by atoms with Crippen LogP contribution in [0.15, 0.2) is 30.3 Å². The molecule has 0 saturated carbocycles. The Balaban J connectivity index is 2.07. The number of aliphatic carboxylic acids is 1. The molecule has 10 heteroatoms. The van der Waals surface area contributed by atoms with Gasteiger partial charge in [-0.2, -0.15) is 4.39 Å². The Morgan fingerprint density at radius 1 is 1.25 bits per heavy atom. The standard InChI is InChI=1S/C22H23FN4O5/c1-12-8-15(11-18-20(12)26(18)32-27(25)30)16(6-4-5-7-19(28)29)14-9-13(2)21(31-3)17(10-14)22(23)24/h6,8-11,24H,4-5,7H2,1-3H3,(H2-,25,28,29,30)/p+1/b16-6+,24-22?. The van der Waals surface area contributed by atoms with Crippen molar-refractivity contribution >= 4 is 28.9 Å². The zero-order chi connectivity index (χ0) is 23.6. The second-order valence-electron chi connectivity index (χ2n) is 7.41. The number of anilines is 2. The molecule has 0 spiro atoms. The maximum absolute atomic E-state index is 14.0. The summed E-state index contributed by atoms with van der Waals surface area (Å²) in [5.74, 6) is 3.31. The zero-order valence-corrected chi connectivity index (χ0v) is 17.9. The van der Waals surface area contributed by atoms with E-state index in [-0.39, 0.29) is 22.8 Å². The van der Waals surface area contributed by atoms with Crippen molar-refractivity contribution < 1.29 is 29.0 Å². The van der Waals surface area contributed by atoms with Crippen LogP contribution >= 0.6 is 0 Å². The number of carbonyl (C=O) groups is 1. The van der Waals surface area contributed by atoms with E-state index in [0.717, 1.165) is 22.4 Å².